The SMILES string of the molecule is O=C(NCCNC(=O)c1cccc(Br)c1)NCCC(=O)N1CCCCCC1. The summed E-state index contributed by atoms with van der Waals surface area (Å²) < 4.78 is 0.836. The molecule has 0 aromatic heterocycles. The Balaban J connectivity index is 1.55. The first kappa shape index (κ1) is 21.2. The molecule has 4 amide bonds. The van der Waals surface area contributed by atoms with Gasteiger partial charge in [-0.3, -0.25) is 9.59 Å². The maximum atomic E-state index is 12.1. The van der Waals surface area contributed by atoms with E-state index in [2.05, 4.69) is 31.9 Å². The third-order valence-electron chi connectivity index (χ3n) is 4.37. The normalized spacial score (nSPS) is 14.2. The van der Waals surface area contributed by atoms with E-state index in [4.69, 9.17) is 0 Å². The predicted molar refractivity (Wildman–Crippen MR) is 108 cm³/mol. The van der Waals surface area contributed by atoms with E-state index in [0.29, 0.717) is 31.6 Å². The van der Waals surface area contributed by atoms with Crippen LogP contribution >= 0.6 is 15.9 Å². The molecule has 0 radical (unpaired) electrons. The second-order valence-corrected chi connectivity index (χ2v) is 7.41. The van der Waals surface area contributed by atoms with E-state index >= 15 is 0 Å². The highest BCUT2D eigenvalue weighted by atomic mass is 79.9. The lowest BCUT2D eigenvalue weighted by Crippen LogP contribution is -2.42. The van der Waals surface area contributed by atoms with Crippen molar-refractivity contribution in [3.63, 3.8) is 0 Å². The van der Waals surface area contributed by atoms with Gasteiger partial charge in [0.05, 0.1) is 0 Å². The summed E-state index contributed by atoms with van der Waals surface area (Å²) in [6.07, 6.45) is 4.80. The molecule has 1 aliphatic heterocycles. The van der Waals surface area contributed by atoms with Gasteiger partial charge in [-0.2, -0.15) is 0 Å². The minimum atomic E-state index is -0.338. The molecule has 0 aliphatic carbocycles. The van der Waals surface area contributed by atoms with Gasteiger partial charge < -0.3 is 20.9 Å². The Morgan fingerprint density at radius 3 is 2.30 bits per heavy atom. The monoisotopic (exact) mass is 438 g/mol. The molecule has 2 rings (SSSR count). The van der Waals surface area contributed by atoms with Crippen LogP contribution in [0.3, 0.4) is 0 Å². The number of nitrogens with one attached hydrogen (secondary N) is 3. The lowest BCUT2D eigenvalue weighted by molar-refractivity contribution is -0.131. The van der Waals surface area contributed by atoms with Crippen LogP contribution in [-0.2, 0) is 4.79 Å². The van der Waals surface area contributed by atoms with Crippen molar-refractivity contribution in [3.05, 3.63) is 34.3 Å². The van der Waals surface area contributed by atoms with Gasteiger partial charge in [0.25, 0.3) is 5.91 Å². The van der Waals surface area contributed by atoms with E-state index in [1.165, 1.54) is 12.8 Å². The van der Waals surface area contributed by atoms with Crippen LogP contribution in [0.2, 0.25) is 0 Å². The minimum absolute atomic E-state index is 0.0958. The summed E-state index contributed by atoms with van der Waals surface area (Å²) in [7, 11) is 0. The summed E-state index contributed by atoms with van der Waals surface area (Å²) in [4.78, 5) is 37.7. The highest BCUT2D eigenvalue weighted by Gasteiger charge is 2.15. The molecule has 0 atom stereocenters. The third kappa shape index (κ3) is 7.99. The topological polar surface area (TPSA) is 90.5 Å². The number of halogens is 1. The lowest BCUT2D eigenvalue weighted by atomic mass is 10.2. The highest BCUT2D eigenvalue weighted by molar-refractivity contribution is 9.10. The van der Waals surface area contributed by atoms with E-state index in [9.17, 15) is 14.4 Å². The average Bonchev–Trinajstić information content (AvgIpc) is 2.94. The third-order valence-corrected chi connectivity index (χ3v) is 4.86. The van der Waals surface area contributed by atoms with Gasteiger partial charge >= 0.3 is 6.03 Å². The Labute approximate surface area is 168 Å². The number of likely N-dealkylation sites (tertiary alicyclic amines) is 1. The van der Waals surface area contributed by atoms with Crippen LogP contribution in [0.4, 0.5) is 4.79 Å². The Hall–Kier alpha value is -2.09. The molecule has 7 nitrogen and oxygen atoms in total. The molecule has 1 aromatic rings. The fraction of sp³-hybridized carbons (Fsp3) is 0.526. The van der Waals surface area contributed by atoms with Gasteiger partial charge in [0.15, 0.2) is 0 Å². The predicted octanol–water partition coefficient (Wildman–Crippen LogP) is 2.27. The van der Waals surface area contributed by atoms with Gasteiger partial charge in [-0.1, -0.05) is 34.8 Å². The summed E-state index contributed by atoms with van der Waals surface area (Å²) in [6.45, 7) is 2.59. The van der Waals surface area contributed by atoms with Crippen molar-refractivity contribution in [1.29, 1.82) is 0 Å². The standard InChI is InChI=1S/C19H27BrN4O3/c20-16-7-5-6-15(14-16)18(26)21-10-11-23-19(27)22-9-8-17(25)24-12-3-1-2-4-13-24/h5-7,14H,1-4,8-13H2,(H,21,26)(H2,22,23,27). The lowest BCUT2D eigenvalue weighted by Gasteiger charge is -2.20. The first-order valence-corrected chi connectivity index (χ1v) is 10.2. The van der Waals surface area contributed by atoms with E-state index in [0.717, 1.165) is 30.4 Å². The maximum Gasteiger partial charge on any atom is 0.314 e. The van der Waals surface area contributed by atoms with E-state index < -0.39 is 0 Å². The first-order valence-electron chi connectivity index (χ1n) is 9.39. The summed E-state index contributed by atoms with van der Waals surface area (Å²) >= 11 is 3.32. The molecule has 0 bridgehead atoms. The first-order chi connectivity index (χ1) is 13.1. The Bertz CT molecular complexity index is 646. The van der Waals surface area contributed by atoms with Crippen molar-refractivity contribution in [2.45, 2.75) is 32.1 Å². The fourth-order valence-corrected chi connectivity index (χ4v) is 3.31. The van der Waals surface area contributed by atoms with Gasteiger partial charge in [0.1, 0.15) is 0 Å². The van der Waals surface area contributed by atoms with E-state index in [-0.39, 0.29) is 17.8 Å². The van der Waals surface area contributed by atoms with Crippen LogP contribution < -0.4 is 16.0 Å². The zero-order valence-corrected chi connectivity index (χ0v) is 17.0. The number of carbonyl (C=O) groups excluding carboxylic acids is 3. The summed E-state index contributed by atoms with van der Waals surface area (Å²) in [6, 6.07) is 6.76. The van der Waals surface area contributed by atoms with Gasteiger partial charge in [-0.05, 0) is 31.0 Å². The Morgan fingerprint density at radius 2 is 1.59 bits per heavy atom. The fourth-order valence-electron chi connectivity index (χ4n) is 2.91. The second-order valence-electron chi connectivity index (χ2n) is 6.49. The van der Waals surface area contributed by atoms with Crippen LogP contribution in [0.25, 0.3) is 0 Å². The van der Waals surface area contributed by atoms with Crippen LogP contribution in [0.5, 0.6) is 0 Å². The van der Waals surface area contributed by atoms with Crippen LogP contribution in [-0.4, -0.2) is 55.5 Å². The number of carbonyl (C=O) groups is 3. The van der Waals surface area contributed by atoms with Crippen molar-refractivity contribution < 1.29 is 14.4 Å². The zero-order valence-electron chi connectivity index (χ0n) is 15.4. The zero-order chi connectivity index (χ0) is 19.5. The van der Waals surface area contributed by atoms with Crippen LogP contribution in [0, 0.1) is 0 Å². The van der Waals surface area contributed by atoms with Crippen molar-refractivity contribution in [3.8, 4) is 0 Å². The molecule has 1 fully saturated rings. The largest absolute Gasteiger partial charge is 0.350 e. The number of nitrogens with zero attached hydrogens (tertiary/aromatic N) is 1. The second kappa shape index (κ2) is 11.6. The van der Waals surface area contributed by atoms with Crippen molar-refractivity contribution in [2.75, 3.05) is 32.7 Å². The van der Waals surface area contributed by atoms with Crippen molar-refractivity contribution in [2.24, 2.45) is 0 Å². The van der Waals surface area contributed by atoms with Crippen LogP contribution in [0.1, 0.15) is 42.5 Å². The molecule has 0 unspecified atom stereocenters. The quantitative estimate of drug-likeness (QED) is 0.570. The summed E-state index contributed by atoms with van der Waals surface area (Å²) in [5.41, 5.74) is 0.556. The van der Waals surface area contributed by atoms with Gasteiger partial charge in [-0.15, -0.1) is 0 Å². The number of hydrogen-bond acceptors (Lipinski definition) is 3. The summed E-state index contributed by atoms with van der Waals surface area (Å²) in [5.74, 6) is -0.0972. The maximum absolute atomic E-state index is 12.1. The highest BCUT2D eigenvalue weighted by Crippen LogP contribution is 2.11. The molecule has 0 saturated carbocycles. The van der Waals surface area contributed by atoms with Gasteiger partial charge in [0.2, 0.25) is 5.91 Å². The Morgan fingerprint density at radius 1 is 0.926 bits per heavy atom. The molecule has 1 heterocycles. The Kier molecular flexibility index (Phi) is 9.10. The molecule has 1 aliphatic rings. The number of amides is 4. The van der Waals surface area contributed by atoms with Crippen LogP contribution in [0.15, 0.2) is 28.7 Å². The number of urea groups is 1. The molecule has 1 aromatic carbocycles. The molecule has 3 N–H and O–H groups in total. The van der Waals surface area contributed by atoms with Crippen molar-refractivity contribution in [1.82, 2.24) is 20.9 Å². The number of benzene rings is 1. The number of rotatable bonds is 7. The number of hydrogen-bond donors (Lipinski definition) is 3. The van der Waals surface area contributed by atoms with Gasteiger partial charge in [-0.25, -0.2) is 4.79 Å². The molecular formula is C19H27BrN4O3. The molecule has 148 valence electrons. The van der Waals surface area contributed by atoms with Gasteiger partial charge in [0, 0.05) is 49.2 Å². The molecular weight excluding hydrogens is 412 g/mol. The smallest absolute Gasteiger partial charge is 0.314 e. The molecule has 27 heavy (non-hydrogen) atoms. The average molecular weight is 439 g/mol. The molecule has 8 heteroatoms. The molecule has 0 spiro atoms. The molecule has 1 saturated heterocycles. The van der Waals surface area contributed by atoms with E-state index in [1.54, 1.807) is 18.2 Å². The summed E-state index contributed by atoms with van der Waals surface area (Å²) in [5, 5.41) is 8.09. The minimum Gasteiger partial charge on any atom is -0.350 e. The van der Waals surface area contributed by atoms with Crippen molar-refractivity contribution >= 4 is 33.8 Å². The van der Waals surface area contributed by atoms with E-state index in [1.807, 2.05) is 11.0 Å².